The van der Waals surface area contributed by atoms with Gasteiger partial charge in [0.05, 0.1) is 12.0 Å². The van der Waals surface area contributed by atoms with Gasteiger partial charge in [0.2, 0.25) is 0 Å². The molecule has 74 valence electrons. The van der Waals surface area contributed by atoms with Crippen molar-refractivity contribution in [3.05, 3.63) is 23.4 Å². The second kappa shape index (κ2) is 2.72. The number of ketones is 1. The predicted molar refractivity (Wildman–Crippen MR) is 54.7 cm³/mol. The van der Waals surface area contributed by atoms with Gasteiger partial charge in [-0.3, -0.25) is 4.79 Å². The highest BCUT2D eigenvalue weighted by molar-refractivity contribution is 5.99. The highest BCUT2D eigenvalue weighted by Gasteiger charge is 2.37. The third kappa shape index (κ3) is 0.941. The topological polar surface area (TPSA) is 20.3 Å². The summed E-state index contributed by atoms with van der Waals surface area (Å²) in [6, 6.07) is 0.544. The summed E-state index contributed by atoms with van der Waals surface area (Å²) in [6.45, 7) is 2.94. The van der Waals surface area contributed by atoms with Gasteiger partial charge in [-0.1, -0.05) is 6.08 Å². The summed E-state index contributed by atoms with van der Waals surface area (Å²) in [5.74, 6) is 0.510. The van der Waals surface area contributed by atoms with Crippen LogP contribution in [0.5, 0.6) is 0 Å². The monoisotopic (exact) mass is 189 g/mol. The highest BCUT2D eigenvalue weighted by Crippen LogP contribution is 2.38. The number of fused-ring (bicyclic) bond motifs is 4. The Balaban J connectivity index is 2.10. The fraction of sp³-hybridized carbons (Fsp3) is 0.583. The minimum absolute atomic E-state index is 0.146. The SMILES string of the molecule is CC1=C2CCCC2N2C=C[C@H](C2)C1=O. The van der Waals surface area contributed by atoms with Crippen molar-refractivity contribution in [1.82, 2.24) is 4.90 Å². The van der Waals surface area contributed by atoms with E-state index in [-0.39, 0.29) is 5.92 Å². The zero-order valence-corrected chi connectivity index (χ0v) is 8.49. The van der Waals surface area contributed by atoms with E-state index < -0.39 is 0 Å². The van der Waals surface area contributed by atoms with Crippen LogP contribution in [0.15, 0.2) is 23.4 Å². The maximum atomic E-state index is 12.0. The first-order valence-electron chi connectivity index (χ1n) is 5.45. The van der Waals surface area contributed by atoms with Crippen molar-refractivity contribution in [2.24, 2.45) is 5.92 Å². The molecule has 2 atom stereocenters. The van der Waals surface area contributed by atoms with E-state index in [1.165, 1.54) is 18.4 Å². The molecular weight excluding hydrogens is 174 g/mol. The Morgan fingerprint density at radius 2 is 2.36 bits per heavy atom. The maximum absolute atomic E-state index is 12.0. The molecule has 3 rings (SSSR count). The van der Waals surface area contributed by atoms with Crippen molar-refractivity contribution in [2.45, 2.75) is 32.2 Å². The Morgan fingerprint density at radius 3 is 3.21 bits per heavy atom. The zero-order valence-electron chi connectivity index (χ0n) is 8.49. The predicted octanol–water partition coefficient (Wildman–Crippen LogP) is 1.88. The van der Waals surface area contributed by atoms with Gasteiger partial charge in [0, 0.05) is 6.54 Å². The molecule has 1 saturated carbocycles. The van der Waals surface area contributed by atoms with Crippen LogP contribution in [0.4, 0.5) is 0 Å². The molecule has 0 aromatic heterocycles. The van der Waals surface area contributed by atoms with Crippen LogP contribution in [-0.2, 0) is 4.79 Å². The Bertz CT molecular complexity index is 353. The van der Waals surface area contributed by atoms with Crippen LogP contribution in [0.1, 0.15) is 26.2 Å². The molecule has 1 fully saturated rings. The van der Waals surface area contributed by atoms with E-state index in [9.17, 15) is 4.79 Å². The smallest absolute Gasteiger partial charge is 0.167 e. The lowest BCUT2D eigenvalue weighted by atomic mass is 9.95. The molecule has 1 unspecified atom stereocenters. The highest BCUT2D eigenvalue weighted by atomic mass is 16.1. The zero-order chi connectivity index (χ0) is 9.71. The Labute approximate surface area is 84.3 Å². The summed E-state index contributed by atoms with van der Waals surface area (Å²) in [7, 11) is 0. The molecule has 0 saturated heterocycles. The molecule has 2 heteroatoms. The fourth-order valence-corrected chi connectivity index (χ4v) is 3.03. The van der Waals surface area contributed by atoms with Gasteiger partial charge < -0.3 is 4.90 Å². The number of Topliss-reactive ketones (excluding diaryl/α,β-unsaturated/α-hetero) is 1. The Kier molecular flexibility index (Phi) is 1.61. The number of rotatable bonds is 0. The molecule has 2 nitrogen and oxygen atoms in total. The maximum Gasteiger partial charge on any atom is 0.167 e. The molecular formula is C12H15NO. The minimum atomic E-state index is 0.146. The van der Waals surface area contributed by atoms with E-state index in [2.05, 4.69) is 17.2 Å². The van der Waals surface area contributed by atoms with E-state index in [1.54, 1.807) is 0 Å². The van der Waals surface area contributed by atoms with E-state index >= 15 is 0 Å². The summed E-state index contributed by atoms with van der Waals surface area (Å²) in [5.41, 5.74) is 2.48. The number of carbonyl (C=O) groups excluding carboxylic acids is 1. The van der Waals surface area contributed by atoms with Gasteiger partial charge in [-0.05, 0) is 43.5 Å². The second-order valence-electron chi connectivity index (χ2n) is 4.57. The molecule has 0 amide bonds. The summed E-state index contributed by atoms with van der Waals surface area (Å²) < 4.78 is 0. The molecule has 1 aliphatic carbocycles. The summed E-state index contributed by atoms with van der Waals surface area (Å²) in [6.07, 6.45) is 7.82. The third-order valence-electron chi connectivity index (χ3n) is 3.83. The average molecular weight is 189 g/mol. The summed E-state index contributed by atoms with van der Waals surface area (Å²) >= 11 is 0. The molecule has 0 radical (unpaired) electrons. The van der Waals surface area contributed by atoms with Crippen LogP contribution in [0.3, 0.4) is 0 Å². The van der Waals surface area contributed by atoms with Crippen LogP contribution in [0, 0.1) is 5.92 Å². The summed E-state index contributed by atoms with van der Waals surface area (Å²) in [5, 5.41) is 0. The van der Waals surface area contributed by atoms with E-state index in [0.29, 0.717) is 11.8 Å². The van der Waals surface area contributed by atoms with Crippen molar-refractivity contribution in [3.63, 3.8) is 0 Å². The molecule has 2 aliphatic heterocycles. The van der Waals surface area contributed by atoms with Crippen LogP contribution in [0.2, 0.25) is 0 Å². The van der Waals surface area contributed by atoms with Crippen LogP contribution in [0.25, 0.3) is 0 Å². The number of hydrogen-bond acceptors (Lipinski definition) is 2. The quantitative estimate of drug-likeness (QED) is 0.580. The van der Waals surface area contributed by atoms with Gasteiger partial charge in [-0.25, -0.2) is 0 Å². The number of nitrogens with zero attached hydrogens (tertiary/aromatic N) is 1. The van der Waals surface area contributed by atoms with Crippen LogP contribution in [-0.4, -0.2) is 23.3 Å². The normalized spacial score (nSPS) is 35.2. The van der Waals surface area contributed by atoms with Crippen LogP contribution >= 0.6 is 0 Å². The molecule has 2 bridgehead atoms. The lowest BCUT2D eigenvalue weighted by Gasteiger charge is -2.24. The van der Waals surface area contributed by atoms with Crippen molar-refractivity contribution in [3.8, 4) is 0 Å². The molecule has 0 N–H and O–H groups in total. The van der Waals surface area contributed by atoms with Gasteiger partial charge in [0.15, 0.2) is 5.78 Å². The van der Waals surface area contributed by atoms with E-state index in [1.807, 2.05) is 6.92 Å². The van der Waals surface area contributed by atoms with Crippen molar-refractivity contribution in [1.29, 1.82) is 0 Å². The molecule has 0 spiro atoms. The van der Waals surface area contributed by atoms with Gasteiger partial charge >= 0.3 is 0 Å². The molecule has 3 aliphatic rings. The first-order chi connectivity index (χ1) is 6.77. The van der Waals surface area contributed by atoms with Crippen molar-refractivity contribution < 1.29 is 4.79 Å². The Hall–Kier alpha value is -1.05. The number of carbonyl (C=O) groups is 1. The van der Waals surface area contributed by atoms with Gasteiger partial charge in [-0.15, -0.1) is 0 Å². The largest absolute Gasteiger partial charge is 0.370 e. The van der Waals surface area contributed by atoms with Crippen molar-refractivity contribution >= 4 is 5.78 Å². The fourth-order valence-electron chi connectivity index (χ4n) is 3.03. The number of allylic oxidation sites excluding steroid dienone is 1. The second-order valence-corrected chi connectivity index (χ2v) is 4.57. The summed E-state index contributed by atoms with van der Waals surface area (Å²) in [4.78, 5) is 14.4. The third-order valence-corrected chi connectivity index (χ3v) is 3.83. The Morgan fingerprint density at radius 1 is 1.50 bits per heavy atom. The van der Waals surface area contributed by atoms with E-state index in [0.717, 1.165) is 18.5 Å². The lowest BCUT2D eigenvalue weighted by Crippen LogP contribution is -2.28. The number of hydrogen-bond donors (Lipinski definition) is 0. The van der Waals surface area contributed by atoms with Crippen LogP contribution < -0.4 is 0 Å². The molecule has 2 heterocycles. The minimum Gasteiger partial charge on any atom is -0.370 e. The molecule has 14 heavy (non-hydrogen) atoms. The van der Waals surface area contributed by atoms with Crippen molar-refractivity contribution in [2.75, 3.05) is 6.54 Å². The average Bonchev–Trinajstić information content (AvgIpc) is 2.81. The van der Waals surface area contributed by atoms with Gasteiger partial charge in [0.25, 0.3) is 0 Å². The van der Waals surface area contributed by atoms with Gasteiger partial charge in [-0.2, -0.15) is 0 Å². The first-order valence-corrected chi connectivity index (χ1v) is 5.45. The lowest BCUT2D eigenvalue weighted by molar-refractivity contribution is -0.117. The van der Waals surface area contributed by atoms with E-state index in [4.69, 9.17) is 0 Å². The first kappa shape index (κ1) is 8.27. The standard InChI is InChI=1S/C12H15NO/c1-8-10-3-2-4-11(10)13-6-5-9(7-13)12(8)14/h5-6,9,11H,2-4,7H2,1H3/t9-,11?/m1/s1. The molecule has 0 aromatic rings. The van der Waals surface area contributed by atoms with Gasteiger partial charge in [0.1, 0.15) is 0 Å². The molecule has 0 aromatic carbocycles.